The van der Waals surface area contributed by atoms with Gasteiger partial charge in [-0.1, -0.05) is 15.9 Å². The fourth-order valence-corrected chi connectivity index (χ4v) is 2.64. The number of halogens is 1. The van der Waals surface area contributed by atoms with E-state index in [1.165, 1.54) is 0 Å². The quantitative estimate of drug-likeness (QED) is 0.824. The Morgan fingerprint density at radius 2 is 2.00 bits per heavy atom. The van der Waals surface area contributed by atoms with Crippen LogP contribution < -0.4 is 5.32 Å². The second kappa shape index (κ2) is 6.24. The second-order valence-electron chi connectivity index (χ2n) is 6.38. The number of fused-ring (bicyclic) bond motifs is 1. The summed E-state index contributed by atoms with van der Waals surface area (Å²) in [4.78, 5) is 16.5. The van der Waals surface area contributed by atoms with Gasteiger partial charge in [0, 0.05) is 15.6 Å². The Balaban J connectivity index is 2.33. The standard InChI is InChI=1S/C17H21BrN2O2/c1-10-8-13(11(2)20-16(21)22-17(3,4)5)14-9-12(18)6-7-15(14)19-10/h6-9,11H,1-5H3,(H,20,21). The predicted molar refractivity (Wildman–Crippen MR) is 92.0 cm³/mol. The summed E-state index contributed by atoms with van der Waals surface area (Å²) in [5.74, 6) is 0. The third-order valence-corrected chi connectivity index (χ3v) is 3.62. The van der Waals surface area contributed by atoms with Crippen molar-refractivity contribution in [3.8, 4) is 0 Å². The first-order chi connectivity index (χ1) is 10.2. The summed E-state index contributed by atoms with van der Waals surface area (Å²) in [6, 6.07) is 7.77. The van der Waals surface area contributed by atoms with E-state index in [4.69, 9.17) is 4.74 Å². The van der Waals surface area contributed by atoms with Crippen molar-refractivity contribution in [3.05, 3.63) is 40.0 Å². The number of alkyl carbamates (subject to hydrolysis) is 1. The molecular formula is C17H21BrN2O2. The van der Waals surface area contributed by atoms with Crippen LogP contribution in [0.25, 0.3) is 10.9 Å². The van der Waals surface area contributed by atoms with Crippen LogP contribution in [0.15, 0.2) is 28.7 Å². The van der Waals surface area contributed by atoms with Gasteiger partial charge >= 0.3 is 6.09 Å². The van der Waals surface area contributed by atoms with Gasteiger partial charge < -0.3 is 10.1 Å². The summed E-state index contributed by atoms with van der Waals surface area (Å²) in [6.45, 7) is 9.44. The Hall–Kier alpha value is -1.62. The number of nitrogens with one attached hydrogen (secondary N) is 1. The Bertz CT molecular complexity index is 708. The normalized spacial score (nSPS) is 13.0. The van der Waals surface area contributed by atoms with Crippen LogP contribution >= 0.6 is 15.9 Å². The van der Waals surface area contributed by atoms with E-state index < -0.39 is 11.7 Å². The Labute approximate surface area is 139 Å². The van der Waals surface area contributed by atoms with Gasteiger partial charge in [0.05, 0.1) is 11.6 Å². The van der Waals surface area contributed by atoms with Gasteiger partial charge in [0.1, 0.15) is 5.60 Å². The maximum Gasteiger partial charge on any atom is 0.408 e. The van der Waals surface area contributed by atoms with E-state index in [2.05, 4.69) is 26.2 Å². The molecule has 0 saturated heterocycles. The minimum atomic E-state index is -0.511. The van der Waals surface area contributed by atoms with Gasteiger partial charge in [0.2, 0.25) is 0 Å². The van der Waals surface area contributed by atoms with Crippen LogP contribution in [-0.4, -0.2) is 16.7 Å². The van der Waals surface area contributed by atoms with Gasteiger partial charge in [0.25, 0.3) is 0 Å². The number of carbonyl (C=O) groups is 1. The topological polar surface area (TPSA) is 51.2 Å². The molecule has 0 saturated carbocycles. The molecule has 0 aliphatic heterocycles. The lowest BCUT2D eigenvalue weighted by Gasteiger charge is -2.23. The van der Waals surface area contributed by atoms with Crippen molar-refractivity contribution in [2.45, 2.75) is 46.3 Å². The molecule has 22 heavy (non-hydrogen) atoms. The first kappa shape index (κ1) is 16.7. The van der Waals surface area contributed by atoms with E-state index in [-0.39, 0.29) is 6.04 Å². The third-order valence-electron chi connectivity index (χ3n) is 3.13. The predicted octanol–water partition coefficient (Wildman–Crippen LogP) is 4.89. The van der Waals surface area contributed by atoms with Crippen LogP contribution in [0.5, 0.6) is 0 Å². The summed E-state index contributed by atoms with van der Waals surface area (Å²) < 4.78 is 6.30. The number of amides is 1. The van der Waals surface area contributed by atoms with Crippen molar-refractivity contribution in [1.29, 1.82) is 0 Å². The number of pyridine rings is 1. The van der Waals surface area contributed by atoms with Gasteiger partial charge in [-0.15, -0.1) is 0 Å². The van der Waals surface area contributed by atoms with Crippen LogP contribution in [0.2, 0.25) is 0 Å². The maximum atomic E-state index is 12.0. The zero-order chi connectivity index (χ0) is 16.5. The van der Waals surface area contributed by atoms with Crippen molar-refractivity contribution < 1.29 is 9.53 Å². The van der Waals surface area contributed by atoms with E-state index in [0.29, 0.717) is 0 Å². The van der Waals surface area contributed by atoms with Crippen LogP contribution in [0.4, 0.5) is 4.79 Å². The number of aromatic nitrogens is 1. The molecule has 1 atom stereocenters. The highest BCUT2D eigenvalue weighted by Crippen LogP contribution is 2.27. The minimum absolute atomic E-state index is 0.173. The van der Waals surface area contributed by atoms with E-state index >= 15 is 0 Å². The summed E-state index contributed by atoms with van der Waals surface area (Å²) in [6.07, 6.45) is -0.419. The fraction of sp³-hybridized carbons (Fsp3) is 0.412. The highest BCUT2D eigenvalue weighted by Gasteiger charge is 2.19. The van der Waals surface area contributed by atoms with Crippen molar-refractivity contribution in [2.75, 3.05) is 0 Å². The molecule has 1 N–H and O–H groups in total. The number of ether oxygens (including phenoxy) is 1. The van der Waals surface area contributed by atoms with Crippen molar-refractivity contribution in [2.24, 2.45) is 0 Å². The van der Waals surface area contributed by atoms with Crippen LogP contribution in [0, 0.1) is 6.92 Å². The molecule has 0 fully saturated rings. The molecule has 0 aliphatic rings. The number of hydrogen-bond donors (Lipinski definition) is 1. The monoisotopic (exact) mass is 364 g/mol. The molecule has 1 heterocycles. The summed E-state index contributed by atoms with van der Waals surface area (Å²) >= 11 is 3.49. The molecule has 4 nitrogen and oxygen atoms in total. The number of carbonyl (C=O) groups excluding carboxylic acids is 1. The number of aryl methyl sites for hydroxylation is 1. The van der Waals surface area contributed by atoms with E-state index in [1.807, 2.05) is 58.9 Å². The van der Waals surface area contributed by atoms with Crippen molar-refractivity contribution >= 4 is 32.9 Å². The minimum Gasteiger partial charge on any atom is -0.444 e. The molecule has 1 amide bonds. The SMILES string of the molecule is Cc1cc(C(C)NC(=O)OC(C)(C)C)c2cc(Br)ccc2n1. The lowest BCUT2D eigenvalue weighted by atomic mass is 10.0. The molecular weight excluding hydrogens is 344 g/mol. The Morgan fingerprint density at radius 1 is 1.32 bits per heavy atom. The number of nitrogens with zero attached hydrogens (tertiary/aromatic N) is 1. The molecule has 0 bridgehead atoms. The Morgan fingerprint density at radius 3 is 2.64 bits per heavy atom. The zero-order valence-electron chi connectivity index (χ0n) is 13.5. The molecule has 2 rings (SSSR count). The largest absolute Gasteiger partial charge is 0.444 e. The van der Waals surface area contributed by atoms with Gasteiger partial charge in [-0.05, 0) is 64.4 Å². The molecule has 1 aromatic carbocycles. The maximum absolute atomic E-state index is 12.0. The van der Waals surface area contributed by atoms with Gasteiger partial charge in [-0.3, -0.25) is 4.98 Å². The van der Waals surface area contributed by atoms with Crippen molar-refractivity contribution in [3.63, 3.8) is 0 Å². The first-order valence-corrected chi connectivity index (χ1v) is 8.01. The van der Waals surface area contributed by atoms with Crippen LogP contribution in [-0.2, 0) is 4.74 Å². The smallest absolute Gasteiger partial charge is 0.408 e. The molecule has 2 aromatic rings. The van der Waals surface area contributed by atoms with Gasteiger partial charge in [-0.25, -0.2) is 4.79 Å². The fourth-order valence-electron chi connectivity index (χ4n) is 2.28. The summed E-state index contributed by atoms with van der Waals surface area (Å²) in [7, 11) is 0. The molecule has 0 radical (unpaired) electrons. The molecule has 1 aromatic heterocycles. The highest BCUT2D eigenvalue weighted by molar-refractivity contribution is 9.10. The lowest BCUT2D eigenvalue weighted by Crippen LogP contribution is -2.34. The Kier molecular flexibility index (Phi) is 4.75. The summed E-state index contributed by atoms with van der Waals surface area (Å²) in [5.41, 5.74) is 2.34. The van der Waals surface area contributed by atoms with E-state index in [0.717, 1.165) is 26.6 Å². The molecule has 118 valence electrons. The average Bonchev–Trinajstić information content (AvgIpc) is 2.35. The van der Waals surface area contributed by atoms with Crippen molar-refractivity contribution in [1.82, 2.24) is 10.3 Å². The third kappa shape index (κ3) is 4.19. The number of hydrogen-bond acceptors (Lipinski definition) is 3. The van der Waals surface area contributed by atoms with Crippen LogP contribution in [0.1, 0.15) is 45.0 Å². The lowest BCUT2D eigenvalue weighted by molar-refractivity contribution is 0.0508. The molecule has 1 unspecified atom stereocenters. The second-order valence-corrected chi connectivity index (χ2v) is 7.30. The van der Waals surface area contributed by atoms with Crippen LogP contribution in [0.3, 0.4) is 0 Å². The molecule has 0 aliphatic carbocycles. The van der Waals surface area contributed by atoms with E-state index in [9.17, 15) is 4.79 Å². The molecule has 5 heteroatoms. The number of benzene rings is 1. The highest BCUT2D eigenvalue weighted by atomic mass is 79.9. The molecule has 0 spiro atoms. The zero-order valence-corrected chi connectivity index (χ0v) is 15.1. The number of rotatable bonds is 2. The average molecular weight is 365 g/mol. The first-order valence-electron chi connectivity index (χ1n) is 7.22. The van der Waals surface area contributed by atoms with Gasteiger partial charge in [-0.2, -0.15) is 0 Å². The summed E-state index contributed by atoms with van der Waals surface area (Å²) in [5, 5.41) is 3.90. The van der Waals surface area contributed by atoms with Gasteiger partial charge in [0.15, 0.2) is 0 Å². The van der Waals surface area contributed by atoms with E-state index in [1.54, 1.807) is 0 Å².